The number of benzene rings is 1. The van der Waals surface area contributed by atoms with E-state index in [-0.39, 0.29) is 6.54 Å². The number of hydrogen-bond acceptors (Lipinski definition) is 6. The van der Waals surface area contributed by atoms with Crippen molar-refractivity contribution >= 4 is 17.5 Å². The number of rotatable bonds is 7. The van der Waals surface area contributed by atoms with E-state index in [1.807, 2.05) is 0 Å². The minimum atomic E-state index is -0.402. The Hall–Kier alpha value is -3.16. The predicted octanol–water partition coefficient (Wildman–Crippen LogP) is 1.67. The average Bonchev–Trinajstić information content (AvgIpc) is 3.13. The summed E-state index contributed by atoms with van der Waals surface area (Å²) in [5.41, 5.74) is 0.794. The van der Waals surface area contributed by atoms with Gasteiger partial charge in [-0.2, -0.15) is 0 Å². The fourth-order valence-electron chi connectivity index (χ4n) is 2.01. The molecule has 24 heavy (non-hydrogen) atoms. The molecular formula is C16H18N2O6. The summed E-state index contributed by atoms with van der Waals surface area (Å²) in [5.74, 6) is 0.445. The lowest BCUT2D eigenvalue weighted by atomic mass is 10.2. The first-order valence-electron chi connectivity index (χ1n) is 6.99. The van der Waals surface area contributed by atoms with Crippen LogP contribution >= 0.6 is 0 Å². The SMILES string of the molecule is COc1cc(NC(=O)CNC(=O)c2ccoc2)cc(OC)c1OC. The summed E-state index contributed by atoms with van der Waals surface area (Å²) in [7, 11) is 4.45. The molecule has 8 nitrogen and oxygen atoms in total. The van der Waals surface area contributed by atoms with Crippen LogP contribution in [0.15, 0.2) is 35.1 Å². The Labute approximate surface area is 138 Å². The molecule has 2 rings (SSSR count). The highest BCUT2D eigenvalue weighted by Gasteiger charge is 2.15. The van der Waals surface area contributed by atoms with Crippen LogP contribution in [0, 0.1) is 0 Å². The number of methoxy groups -OCH3 is 3. The van der Waals surface area contributed by atoms with E-state index in [4.69, 9.17) is 18.6 Å². The summed E-state index contributed by atoms with van der Waals surface area (Å²) in [6, 6.07) is 4.70. The van der Waals surface area contributed by atoms with Gasteiger partial charge in [-0.3, -0.25) is 9.59 Å². The highest BCUT2D eigenvalue weighted by molar-refractivity contribution is 5.99. The zero-order valence-corrected chi connectivity index (χ0v) is 13.5. The predicted molar refractivity (Wildman–Crippen MR) is 85.8 cm³/mol. The molecule has 8 heteroatoms. The van der Waals surface area contributed by atoms with Crippen LogP contribution in [0.2, 0.25) is 0 Å². The van der Waals surface area contributed by atoms with Crippen LogP contribution in [0.3, 0.4) is 0 Å². The van der Waals surface area contributed by atoms with Crippen LogP contribution in [-0.2, 0) is 4.79 Å². The lowest BCUT2D eigenvalue weighted by molar-refractivity contribution is -0.115. The van der Waals surface area contributed by atoms with Gasteiger partial charge in [0.05, 0.1) is 39.7 Å². The van der Waals surface area contributed by atoms with Crippen molar-refractivity contribution in [3.63, 3.8) is 0 Å². The van der Waals surface area contributed by atoms with Crippen molar-refractivity contribution in [2.45, 2.75) is 0 Å². The molecule has 0 atom stereocenters. The van der Waals surface area contributed by atoms with Crippen LogP contribution in [0.25, 0.3) is 0 Å². The standard InChI is InChI=1S/C16H18N2O6/c1-21-12-6-11(7-13(22-2)15(12)23-3)18-14(19)8-17-16(20)10-4-5-24-9-10/h4-7,9H,8H2,1-3H3,(H,17,20)(H,18,19). The summed E-state index contributed by atoms with van der Waals surface area (Å²) in [5, 5.41) is 5.14. The molecule has 0 spiro atoms. The molecule has 0 bridgehead atoms. The third kappa shape index (κ3) is 3.97. The van der Waals surface area contributed by atoms with Gasteiger partial charge in [-0.05, 0) is 6.07 Å². The number of carbonyl (C=O) groups excluding carboxylic acids is 2. The minimum absolute atomic E-state index is 0.194. The van der Waals surface area contributed by atoms with E-state index in [1.165, 1.54) is 39.9 Å². The molecule has 2 aromatic rings. The quantitative estimate of drug-likeness (QED) is 0.799. The number of nitrogens with one attached hydrogen (secondary N) is 2. The van der Waals surface area contributed by atoms with Gasteiger partial charge >= 0.3 is 0 Å². The Bertz CT molecular complexity index is 686. The molecule has 0 saturated carbocycles. The lowest BCUT2D eigenvalue weighted by Crippen LogP contribution is -2.32. The first kappa shape index (κ1) is 17.2. The van der Waals surface area contributed by atoms with E-state index in [9.17, 15) is 9.59 Å². The monoisotopic (exact) mass is 334 g/mol. The van der Waals surface area contributed by atoms with Gasteiger partial charge in [0, 0.05) is 17.8 Å². The average molecular weight is 334 g/mol. The van der Waals surface area contributed by atoms with Crippen molar-refractivity contribution in [2.75, 3.05) is 33.2 Å². The fraction of sp³-hybridized carbons (Fsp3) is 0.250. The maximum Gasteiger partial charge on any atom is 0.254 e. The van der Waals surface area contributed by atoms with Crippen molar-refractivity contribution in [3.8, 4) is 17.2 Å². The molecule has 0 fully saturated rings. The van der Waals surface area contributed by atoms with Crippen LogP contribution in [0.1, 0.15) is 10.4 Å². The topological polar surface area (TPSA) is 99.0 Å². The third-order valence-corrected chi connectivity index (χ3v) is 3.14. The first-order chi connectivity index (χ1) is 11.6. The molecular weight excluding hydrogens is 316 g/mol. The Morgan fingerprint density at radius 1 is 1.08 bits per heavy atom. The largest absolute Gasteiger partial charge is 0.493 e. The molecule has 0 aliphatic rings. The summed E-state index contributed by atoms with van der Waals surface area (Å²) in [6.07, 6.45) is 2.68. The zero-order valence-electron chi connectivity index (χ0n) is 13.5. The number of furan rings is 1. The van der Waals surface area contributed by atoms with E-state index < -0.39 is 11.8 Å². The molecule has 1 heterocycles. The summed E-state index contributed by atoms with van der Waals surface area (Å²) in [6.45, 7) is -0.194. The van der Waals surface area contributed by atoms with Gasteiger partial charge in [0.2, 0.25) is 11.7 Å². The second kappa shape index (κ2) is 7.91. The molecule has 1 aromatic carbocycles. The number of amides is 2. The van der Waals surface area contributed by atoms with Crippen LogP contribution < -0.4 is 24.8 Å². The van der Waals surface area contributed by atoms with E-state index in [0.29, 0.717) is 28.5 Å². The van der Waals surface area contributed by atoms with Crippen molar-refractivity contribution in [1.29, 1.82) is 0 Å². The van der Waals surface area contributed by atoms with Gasteiger partial charge in [0.1, 0.15) is 6.26 Å². The minimum Gasteiger partial charge on any atom is -0.493 e. The van der Waals surface area contributed by atoms with Crippen molar-refractivity contribution in [3.05, 3.63) is 36.3 Å². The molecule has 0 unspecified atom stereocenters. The van der Waals surface area contributed by atoms with Gasteiger partial charge in [-0.15, -0.1) is 0 Å². The smallest absolute Gasteiger partial charge is 0.254 e. The summed E-state index contributed by atoms with van der Waals surface area (Å²) >= 11 is 0. The van der Waals surface area contributed by atoms with Crippen LogP contribution in [-0.4, -0.2) is 39.7 Å². The zero-order chi connectivity index (χ0) is 17.5. The Balaban J connectivity index is 2.02. The van der Waals surface area contributed by atoms with E-state index in [1.54, 1.807) is 12.1 Å². The fourth-order valence-corrected chi connectivity index (χ4v) is 2.01. The molecule has 2 N–H and O–H groups in total. The number of anilines is 1. The van der Waals surface area contributed by atoms with Crippen molar-refractivity contribution in [1.82, 2.24) is 5.32 Å². The van der Waals surface area contributed by atoms with Gasteiger partial charge in [0.25, 0.3) is 5.91 Å². The van der Waals surface area contributed by atoms with Crippen LogP contribution in [0.4, 0.5) is 5.69 Å². The maximum absolute atomic E-state index is 12.0. The summed E-state index contributed by atoms with van der Waals surface area (Å²) < 4.78 is 20.4. The molecule has 0 saturated heterocycles. The van der Waals surface area contributed by atoms with E-state index in [0.717, 1.165) is 0 Å². The van der Waals surface area contributed by atoms with E-state index >= 15 is 0 Å². The maximum atomic E-state index is 12.0. The van der Waals surface area contributed by atoms with Gasteiger partial charge < -0.3 is 29.3 Å². The Kier molecular flexibility index (Phi) is 5.67. The first-order valence-corrected chi connectivity index (χ1v) is 6.99. The molecule has 0 aliphatic carbocycles. The summed E-state index contributed by atoms with van der Waals surface area (Å²) in [4.78, 5) is 23.7. The number of hydrogen-bond donors (Lipinski definition) is 2. The molecule has 128 valence electrons. The molecule has 0 radical (unpaired) electrons. The molecule has 1 aromatic heterocycles. The Morgan fingerprint density at radius 3 is 2.25 bits per heavy atom. The lowest BCUT2D eigenvalue weighted by Gasteiger charge is -2.14. The highest BCUT2D eigenvalue weighted by atomic mass is 16.5. The second-order valence-electron chi connectivity index (χ2n) is 4.66. The third-order valence-electron chi connectivity index (χ3n) is 3.14. The van der Waals surface area contributed by atoms with Gasteiger partial charge in [-0.1, -0.05) is 0 Å². The molecule has 2 amide bonds. The normalized spacial score (nSPS) is 9.96. The Morgan fingerprint density at radius 2 is 1.75 bits per heavy atom. The van der Waals surface area contributed by atoms with Crippen molar-refractivity contribution < 1.29 is 28.2 Å². The number of ether oxygens (including phenoxy) is 3. The van der Waals surface area contributed by atoms with Crippen molar-refractivity contribution in [2.24, 2.45) is 0 Å². The van der Waals surface area contributed by atoms with Crippen LogP contribution in [0.5, 0.6) is 17.2 Å². The highest BCUT2D eigenvalue weighted by Crippen LogP contribution is 2.39. The van der Waals surface area contributed by atoms with Gasteiger partial charge in [0.15, 0.2) is 11.5 Å². The second-order valence-corrected chi connectivity index (χ2v) is 4.66. The number of carbonyl (C=O) groups is 2. The molecule has 0 aliphatic heterocycles. The van der Waals surface area contributed by atoms with Gasteiger partial charge in [-0.25, -0.2) is 0 Å². The van der Waals surface area contributed by atoms with E-state index in [2.05, 4.69) is 10.6 Å².